The van der Waals surface area contributed by atoms with Gasteiger partial charge in [0.15, 0.2) is 0 Å². The monoisotopic (exact) mass is 158 g/mol. The number of hydrogen-bond donors (Lipinski definition) is 0. The zero-order valence-electron chi connectivity index (χ0n) is 5.20. The SMILES string of the molecule is C#CC1=CS(=O)(=O)OCC1. The second kappa shape index (κ2) is 2.45. The number of hydrogen-bond acceptors (Lipinski definition) is 3. The van der Waals surface area contributed by atoms with E-state index >= 15 is 0 Å². The van der Waals surface area contributed by atoms with Gasteiger partial charge < -0.3 is 0 Å². The van der Waals surface area contributed by atoms with E-state index in [9.17, 15) is 8.42 Å². The van der Waals surface area contributed by atoms with E-state index in [1.54, 1.807) is 0 Å². The maximum atomic E-state index is 10.6. The van der Waals surface area contributed by atoms with Crippen molar-refractivity contribution in [1.29, 1.82) is 0 Å². The van der Waals surface area contributed by atoms with Crippen molar-refractivity contribution in [3.8, 4) is 12.3 Å². The van der Waals surface area contributed by atoms with Gasteiger partial charge in [0.25, 0.3) is 10.1 Å². The maximum absolute atomic E-state index is 10.6. The lowest BCUT2D eigenvalue weighted by molar-refractivity contribution is 0.323. The molecule has 0 radical (unpaired) electrons. The second-order valence-corrected chi connectivity index (χ2v) is 3.31. The van der Waals surface area contributed by atoms with Crippen molar-refractivity contribution in [3.05, 3.63) is 11.0 Å². The first kappa shape index (κ1) is 7.32. The molecule has 0 amide bonds. The Kier molecular flexibility index (Phi) is 1.79. The first-order valence-electron chi connectivity index (χ1n) is 2.71. The second-order valence-electron chi connectivity index (χ2n) is 1.85. The molecule has 0 aromatic rings. The van der Waals surface area contributed by atoms with E-state index in [2.05, 4.69) is 10.1 Å². The largest absolute Gasteiger partial charge is 0.290 e. The Balaban J connectivity index is 3.01. The van der Waals surface area contributed by atoms with Crippen molar-refractivity contribution in [2.75, 3.05) is 6.61 Å². The highest BCUT2D eigenvalue weighted by Gasteiger charge is 2.14. The minimum absolute atomic E-state index is 0.165. The minimum Gasteiger partial charge on any atom is -0.266 e. The highest BCUT2D eigenvalue weighted by molar-refractivity contribution is 7.89. The van der Waals surface area contributed by atoms with Crippen LogP contribution in [0.1, 0.15) is 6.42 Å². The molecule has 10 heavy (non-hydrogen) atoms. The standard InChI is InChI=1S/C6H6O3S/c1-2-6-3-4-9-10(7,8)5-6/h1,5H,3-4H2. The minimum atomic E-state index is -3.45. The summed E-state index contributed by atoms with van der Waals surface area (Å²) in [6.45, 7) is 0.165. The van der Waals surface area contributed by atoms with Crippen LogP contribution in [0.4, 0.5) is 0 Å². The quantitative estimate of drug-likeness (QED) is 0.375. The predicted octanol–water partition coefficient (Wildman–Crippen LogP) is 0.254. The normalized spacial score (nSPS) is 22.9. The smallest absolute Gasteiger partial charge is 0.266 e. The third-order valence-corrected chi connectivity index (χ3v) is 2.16. The van der Waals surface area contributed by atoms with Crippen LogP contribution in [0.2, 0.25) is 0 Å². The molecule has 1 rings (SSSR count). The summed E-state index contributed by atoms with van der Waals surface area (Å²) >= 11 is 0. The molecule has 1 heterocycles. The molecule has 0 fully saturated rings. The number of rotatable bonds is 0. The molecule has 0 atom stereocenters. The van der Waals surface area contributed by atoms with Gasteiger partial charge in [-0.2, -0.15) is 8.42 Å². The summed E-state index contributed by atoms with van der Waals surface area (Å²) in [5, 5.41) is 0.983. The van der Waals surface area contributed by atoms with Gasteiger partial charge in [-0.3, -0.25) is 4.18 Å². The van der Waals surface area contributed by atoms with Crippen molar-refractivity contribution >= 4 is 10.1 Å². The van der Waals surface area contributed by atoms with Crippen LogP contribution in [0.3, 0.4) is 0 Å². The van der Waals surface area contributed by atoms with Gasteiger partial charge in [0.05, 0.1) is 12.0 Å². The van der Waals surface area contributed by atoms with Gasteiger partial charge in [0, 0.05) is 12.0 Å². The van der Waals surface area contributed by atoms with E-state index in [4.69, 9.17) is 6.42 Å². The fourth-order valence-corrected chi connectivity index (χ4v) is 1.56. The fraction of sp³-hybridized carbons (Fsp3) is 0.333. The summed E-state index contributed by atoms with van der Waals surface area (Å²) in [5.74, 6) is 2.26. The van der Waals surface area contributed by atoms with Crippen LogP contribution >= 0.6 is 0 Å². The molecule has 0 aromatic heterocycles. The molecule has 0 spiro atoms. The molecule has 1 aliphatic heterocycles. The van der Waals surface area contributed by atoms with Crippen LogP contribution in [0.25, 0.3) is 0 Å². The molecular weight excluding hydrogens is 152 g/mol. The third kappa shape index (κ3) is 1.59. The van der Waals surface area contributed by atoms with Gasteiger partial charge in [-0.1, -0.05) is 5.92 Å². The Hall–Kier alpha value is -0.790. The topological polar surface area (TPSA) is 43.4 Å². The van der Waals surface area contributed by atoms with Crippen LogP contribution in [0, 0.1) is 12.3 Å². The zero-order valence-corrected chi connectivity index (χ0v) is 6.02. The highest BCUT2D eigenvalue weighted by Crippen LogP contribution is 2.12. The van der Waals surface area contributed by atoms with E-state index in [0.29, 0.717) is 12.0 Å². The van der Waals surface area contributed by atoms with Gasteiger partial charge >= 0.3 is 0 Å². The van der Waals surface area contributed by atoms with E-state index in [1.807, 2.05) is 0 Å². The molecule has 3 nitrogen and oxygen atoms in total. The fourth-order valence-electron chi connectivity index (χ4n) is 0.641. The molecule has 0 saturated carbocycles. The van der Waals surface area contributed by atoms with Gasteiger partial charge in [-0.05, 0) is 0 Å². The van der Waals surface area contributed by atoms with Crippen LogP contribution in [-0.2, 0) is 14.3 Å². The van der Waals surface area contributed by atoms with Crippen molar-refractivity contribution in [1.82, 2.24) is 0 Å². The Bertz CT molecular complexity index is 291. The van der Waals surface area contributed by atoms with Gasteiger partial charge in [-0.25, -0.2) is 0 Å². The summed E-state index contributed by atoms with van der Waals surface area (Å²) in [6, 6.07) is 0. The molecule has 0 aromatic carbocycles. The first-order valence-corrected chi connectivity index (χ1v) is 4.18. The van der Waals surface area contributed by atoms with Crippen molar-refractivity contribution < 1.29 is 12.6 Å². The lowest BCUT2D eigenvalue weighted by Crippen LogP contribution is -2.10. The number of terminal acetylenes is 1. The lowest BCUT2D eigenvalue weighted by atomic mass is 10.2. The zero-order chi connectivity index (χ0) is 7.61. The summed E-state index contributed by atoms with van der Waals surface area (Å²) < 4.78 is 25.6. The van der Waals surface area contributed by atoms with E-state index in [-0.39, 0.29) is 6.61 Å². The van der Waals surface area contributed by atoms with Gasteiger partial charge in [-0.15, -0.1) is 6.42 Å². The molecule has 0 aliphatic carbocycles. The Morgan fingerprint density at radius 2 is 2.40 bits per heavy atom. The highest BCUT2D eigenvalue weighted by atomic mass is 32.2. The summed E-state index contributed by atoms with van der Waals surface area (Å²) in [4.78, 5) is 0. The third-order valence-electron chi connectivity index (χ3n) is 1.09. The molecule has 54 valence electrons. The molecule has 4 heteroatoms. The van der Waals surface area contributed by atoms with Crippen molar-refractivity contribution in [2.24, 2.45) is 0 Å². The average molecular weight is 158 g/mol. The first-order chi connectivity index (χ1) is 4.64. The summed E-state index contributed by atoms with van der Waals surface area (Å²) in [6.07, 6.45) is 5.50. The van der Waals surface area contributed by atoms with E-state index in [1.165, 1.54) is 0 Å². The average Bonchev–Trinajstić information content (AvgIpc) is 1.86. The van der Waals surface area contributed by atoms with Crippen LogP contribution in [-0.4, -0.2) is 15.0 Å². The van der Waals surface area contributed by atoms with Crippen LogP contribution < -0.4 is 0 Å². The van der Waals surface area contributed by atoms with Crippen molar-refractivity contribution in [3.63, 3.8) is 0 Å². The van der Waals surface area contributed by atoms with E-state index in [0.717, 1.165) is 5.41 Å². The van der Waals surface area contributed by atoms with Crippen molar-refractivity contribution in [2.45, 2.75) is 6.42 Å². The summed E-state index contributed by atoms with van der Waals surface area (Å²) in [5.41, 5.74) is 0.478. The van der Waals surface area contributed by atoms with Gasteiger partial charge in [0.1, 0.15) is 0 Å². The molecule has 0 bridgehead atoms. The molecule has 0 N–H and O–H groups in total. The van der Waals surface area contributed by atoms with Crippen LogP contribution in [0.15, 0.2) is 11.0 Å². The maximum Gasteiger partial charge on any atom is 0.290 e. The Morgan fingerprint density at radius 3 is 2.80 bits per heavy atom. The molecular formula is C6H6O3S. The van der Waals surface area contributed by atoms with Gasteiger partial charge in [0.2, 0.25) is 0 Å². The molecule has 1 aliphatic rings. The summed E-state index contributed by atoms with van der Waals surface area (Å²) in [7, 11) is -3.45. The Morgan fingerprint density at radius 1 is 1.70 bits per heavy atom. The van der Waals surface area contributed by atoms with Crippen LogP contribution in [0.5, 0.6) is 0 Å². The predicted molar refractivity (Wildman–Crippen MR) is 36.4 cm³/mol. The molecule has 0 unspecified atom stereocenters. The molecule has 0 saturated heterocycles. The lowest BCUT2D eigenvalue weighted by Gasteiger charge is -2.07. The van der Waals surface area contributed by atoms with E-state index < -0.39 is 10.1 Å². The Labute approximate surface area is 59.8 Å².